The fourth-order valence-corrected chi connectivity index (χ4v) is 3.88. The first-order valence-corrected chi connectivity index (χ1v) is 11.3. The Balaban J connectivity index is 2.55. The Morgan fingerprint density at radius 2 is 1.85 bits per heavy atom. The third-order valence-electron chi connectivity index (χ3n) is 4.41. The lowest BCUT2D eigenvalue weighted by molar-refractivity contribution is -0.145. The van der Waals surface area contributed by atoms with Crippen LogP contribution in [-0.2, 0) is 27.7 Å². The number of benzene rings is 1. The molecule has 33 heavy (non-hydrogen) atoms. The van der Waals surface area contributed by atoms with Crippen molar-refractivity contribution < 1.29 is 32.2 Å². The van der Waals surface area contributed by atoms with Gasteiger partial charge in [0.25, 0.3) is 5.91 Å². The third kappa shape index (κ3) is 7.45. The fraction of sp³-hybridized carbons (Fsp3) is 0.522. The minimum Gasteiger partial charge on any atom is -0.481 e. The zero-order valence-corrected chi connectivity index (χ0v) is 20.4. The van der Waals surface area contributed by atoms with Crippen molar-refractivity contribution >= 4 is 23.2 Å². The van der Waals surface area contributed by atoms with Gasteiger partial charge in [-0.1, -0.05) is 34.6 Å². The van der Waals surface area contributed by atoms with Crippen LogP contribution in [0.1, 0.15) is 62.3 Å². The molecule has 10 heteroatoms. The monoisotopic (exact) mass is 486 g/mol. The third-order valence-corrected chi connectivity index (χ3v) is 5.85. The molecule has 1 amide bonds. The van der Waals surface area contributed by atoms with Gasteiger partial charge < -0.3 is 14.0 Å². The Hall–Kier alpha value is -2.62. The van der Waals surface area contributed by atoms with Crippen molar-refractivity contribution in [2.75, 3.05) is 13.2 Å². The summed E-state index contributed by atoms with van der Waals surface area (Å²) >= 11 is 1.31. The van der Waals surface area contributed by atoms with Crippen LogP contribution in [0.2, 0.25) is 0 Å². The smallest absolute Gasteiger partial charge is 0.416 e. The number of carbonyl (C=O) groups excluding carboxylic acids is 2. The second-order valence-corrected chi connectivity index (χ2v) is 9.90. The number of ether oxygens (including phenoxy) is 2. The van der Waals surface area contributed by atoms with Crippen LogP contribution in [0.3, 0.4) is 0 Å². The zero-order valence-electron chi connectivity index (χ0n) is 19.6. The molecule has 1 aromatic heterocycles. The van der Waals surface area contributed by atoms with E-state index in [1.54, 1.807) is 6.92 Å². The summed E-state index contributed by atoms with van der Waals surface area (Å²) in [6.07, 6.45) is -2.74. The van der Waals surface area contributed by atoms with Crippen LogP contribution in [0.4, 0.5) is 13.2 Å². The maximum absolute atomic E-state index is 13.3. The van der Waals surface area contributed by atoms with E-state index < -0.39 is 30.2 Å². The van der Waals surface area contributed by atoms with Gasteiger partial charge in [-0.05, 0) is 36.5 Å². The molecule has 6 nitrogen and oxygen atoms in total. The molecule has 1 aromatic carbocycles. The Bertz CT molecular complexity index is 1060. The van der Waals surface area contributed by atoms with Gasteiger partial charge in [0.05, 0.1) is 17.7 Å². The summed E-state index contributed by atoms with van der Waals surface area (Å²) in [6, 6.07) is 2.50. The second-order valence-electron chi connectivity index (χ2n) is 8.89. The van der Waals surface area contributed by atoms with Gasteiger partial charge >= 0.3 is 12.1 Å². The van der Waals surface area contributed by atoms with E-state index in [4.69, 9.17) is 9.47 Å². The number of halogens is 3. The van der Waals surface area contributed by atoms with E-state index in [1.165, 1.54) is 11.3 Å². The molecule has 182 valence electrons. The fourth-order valence-electron chi connectivity index (χ4n) is 2.82. The number of alkyl halides is 3. The largest absolute Gasteiger partial charge is 0.481 e. The highest BCUT2D eigenvalue weighted by Gasteiger charge is 2.32. The molecule has 1 heterocycles. The number of thiazole rings is 1. The van der Waals surface area contributed by atoms with Crippen LogP contribution in [0.25, 0.3) is 0 Å². The van der Waals surface area contributed by atoms with Crippen LogP contribution >= 0.6 is 11.3 Å². The predicted molar refractivity (Wildman–Crippen MR) is 119 cm³/mol. The molecule has 0 fully saturated rings. The quantitative estimate of drug-likeness (QED) is 0.504. The molecule has 0 bridgehead atoms. The van der Waals surface area contributed by atoms with Gasteiger partial charge in [-0.15, -0.1) is 11.3 Å². The molecular weight excluding hydrogens is 457 g/mol. The Morgan fingerprint density at radius 3 is 2.39 bits per heavy atom. The summed E-state index contributed by atoms with van der Waals surface area (Å²) in [7, 11) is 0. The van der Waals surface area contributed by atoms with Gasteiger partial charge in [0.1, 0.15) is 5.75 Å². The molecule has 2 rings (SSSR count). The van der Waals surface area contributed by atoms with Crippen LogP contribution in [0.5, 0.6) is 5.75 Å². The van der Waals surface area contributed by atoms with E-state index in [0.717, 1.165) is 17.0 Å². The Morgan fingerprint density at radius 1 is 1.18 bits per heavy atom. The lowest BCUT2D eigenvalue weighted by Crippen LogP contribution is -2.20. The van der Waals surface area contributed by atoms with Gasteiger partial charge in [0, 0.05) is 17.6 Å². The van der Waals surface area contributed by atoms with Crippen molar-refractivity contribution in [2.45, 2.75) is 59.7 Å². The van der Waals surface area contributed by atoms with Crippen molar-refractivity contribution in [3.05, 3.63) is 45.2 Å². The van der Waals surface area contributed by atoms with Crippen LogP contribution < -0.4 is 9.54 Å². The highest BCUT2D eigenvalue weighted by Crippen LogP contribution is 2.33. The highest BCUT2D eigenvalue weighted by molar-refractivity contribution is 7.09. The van der Waals surface area contributed by atoms with E-state index in [0.29, 0.717) is 17.4 Å². The summed E-state index contributed by atoms with van der Waals surface area (Å²) in [5.74, 6) is -1.50. The number of carbonyl (C=O) groups is 2. The molecule has 0 radical (unpaired) electrons. The number of nitrogens with zero attached hydrogens (tertiary/aromatic N) is 2. The molecule has 0 spiro atoms. The first-order chi connectivity index (χ1) is 15.2. The molecule has 0 N–H and O–H groups in total. The summed E-state index contributed by atoms with van der Waals surface area (Å²) in [4.78, 5) is 30.2. The molecule has 0 aliphatic heterocycles. The molecule has 2 aromatic rings. The average molecular weight is 487 g/mol. The van der Waals surface area contributed by atoms with E-state index >= 15 is 0 Å². The summed E-state index contributed by atoms with van der Waals surface area (Å²) in [6.45, 7) is 11.9. The predicted octanol–water partition coefficient (Wildman–Crippen LogP) is 5.20. The Labute approximate surface area is 195 Å². The van der Waals surface area contributed by atoms with E-state index in [9.17, 15) is 22.8 Å². The minimum atomic E-state index is -4.66. The summed E-state index contributed by atoms with van der Waals surface area (Å²) in [5, 5.41) is 0. The summed E-state index contributed by atoms with van der Waals surface area (Å²) in [5.41, 5.74) is -1.58. The molecular formula is C23H29F3N2O4S. The van der Waals surface area contributed by atoms with Crippen molar-refractivity contribution in [3.63, 3.8) is 0 Å². The van der Waals surface area contributed by atoms with E-state index in [1.807, 2.05) is 45.4 Å². The van der Waals surface area contributed by atoms with Crippen molar-refractivity contribution in [2.24, 2.45) is 10.9 Å². The number of rotatable bonds is 7. The zero-order chi connectivity index (χ0) is 25.0. The lowest BCUT2D eigenvalue weighted by Gasteiger charge is -2.14. The topological polar surface area (TPSA) is 69.9 Å². The minimum absolute atomic E-state index is 0.126. The molecule has 0 saturated carbocycles. The van der Waals surface area contributed by atoms with Gasteiger partial charge in [-0.25, -0.2) is 4.79 Å². The molecule has 0 aliphatic rings. The maximum Gasteiger partial charge on any atom is 0.416 e. The van der Waals surface area contributed by atoms with E-state index in [-0.39, 0.29) is 29.3 Å². The Kier molecular flexibility index (Phi) is 8.51. The lowest BCUT2D eigenvalue weighted by atomic mass is 9.95. The molecule has 0 atom stereocenters. The van der Waals surface area contributed by atoms with Gasteiger partial charge in [-0.3, -0.25) is 4.79 Å². The van der Waals surface area contributed by atoms with Crippen molar-refractivity contribution in [1.82, 2.24) is 4.57 Å². The highest BCUT2D eigenvalue weighted by atomic mass is 32.1. The normalized spacial score (nSPS) is 12.8. The van der Waals surface area contributed by atoms with Crippen LogP contribution in [0.15, 0.2) is 29.4 Å². The maximum atomic E-state index is 13.3. The number of aromatic nitrogens is 1. The average Bonchev–Trinajstić information content (AvgIpc) is 3.07. The SMILES string of the molecule is CCOC(=O)COc1ccc(C(F)(F)F)cc1C(=O)N=c1sc(C(C)(C)C)cn1CC(C)C. The molecule has 0 aliphatic carbocycles. The first-order valence-electron chi connectivity index (χ1n) is 10.5. The number of hydrogen-bond acceptors (Lipinski definition) is 5. The van der Waals surface area contributed by atoms with Gasteiger partial charge in [0.2, 0.25) is 0 Å². The van der Waals surface area contributed by atoms with Gasteiger partial charge in [0.15, 0.2) is 11.4 Å². The van der Waals surface area contributed by atoms with Crippen LogP contribution in [-0.4, -0.2) is 29.7 Å². The standard InChI is InChI=1S/C23H29F3N2O4S/c1-7-31-19(29)13-32-17-9-8-15(23(24,25)26)10-16(17)20(30)27-21-28(11-14(2)3)12-18(33-21)22(4,5)6/h8-10,12,14H,7,11,13H2,1-6H3. The van der Waals surface area contributed by atoms with Crippen molar-refractivity contribution in [1.29, 1.82) is 0 Å². The number of hydrogen-bond donors (Lipinski definition) is 0. The van der Waals surface area contributed by atoms with E-state index in [2.05, 4.69) is 4.99 Å². The summed E-state index contributed by atoms with van der Waals surface area (Å²) < 4.78 is 51.8. The molecule has 0 saturated heterocycles. The second kappa shape index (κ2) is 10.5. The molecule has 0 unspecified atom stereocenters. The van der Waals surface area contributed by atoms with Crippen molar-refractivity contribution in [3.8, 4) is 5.75 Å². The number of esters is 1. The first kappa shape index (κ1) is 26.6. The van der Waals surface area contributed by atoms with Crippen LogP contribution in [0, 0.1) is 5.92 Å². The van der Waals surface area contributed by atoms with Gasteiger partial charge in [-0.2, -0.15) is 18.2 Å². The number of amides is 1.